The molecule has 0 aliphatic rings. The van der Waals surface area contributed by atoms with Crippen LogP contribution in [0.15, 0.2) is 18.9 Å². The Morgan fingerprint density at radius 1 is 1.41 bits per heavy atom. The van der Waals surface area contributed by atoms with E-state index in [1.807, 2.05) is 13.8 Å². The smallest absolute Gasteiger partial charge is 0.148 e. The van der Waals surface area contributed by atoms with Crippen LogP contribution in [0.25, 0.3) is 0 Å². The van der Waals surface area contributed by atoms with Crippen LogP contribution in [-0.2, 0) is 6.54 Å². The molecular formula is C11H16N6. The van der Waals surface area contributed by atoms with Crippen molar-refractivity contribution in [1.82, 2.24) is 24.7 Å². The molecule has 6 heteroatoms. The molecule has 1 atom stereocenters. The lowest BCUT2D eigenvalue weighted by Gasteiger charge is -2.15. The van der Waals surface area contributed by atoms with E-state index >= 15 is 0 Å². The van der Waals surface area contributed by atoms with E-state index in [1.165, 1.54) is 6.33 Å². The molecular weight excluding hydrogens is 216 g/mol. The van der Waals surface area contributed by atoms with E-state index in [0.29, 0.717) is 0 Å². The maximum Gasteiger partial charge on any atom is 0.148 e. The third-order valence-electron chi connectivity index (χ3n) is 2.39. The van der Waals surface area contributed by atoms with Crippen LogP contribution in [0.4, 0.5) is 5.82 Å². The molecule has 0 bridgehead atoms. The summed E-state index contributed by atoms with van der Waals surface area (Å²) in [6, 6.07) is 0.214. The van der Waals surface area contributed by atoms with Gasteiger partial charge in [0.2, 0.25) is 0 Å². The SMILES string of the molecule is Cc1cnc(C)c(NC(C)Cn2cncn2)n1. The molecule has 0 aromatic carbocycles. The summed E-state index contributed by atoms with van der Waals surface area (Å²) in [7, 11) is 0. The second-order valence-electron chi connectivity index (χ2n) is 4.11. The summed E-state index contributed by atoms with van der Waals surface area (Å²) >= 11 is 0. The van der Waals surface area contributed by atoms with Crippen LogP contribution in [0.1, 0.15) is 18.3 Å². The Morgan fingerprint density at radius 3 is 2.94 bits per heavy atom. The van der Waals surface area contributed by atoms with Gasteiger partial charge in [-0.15, -0.1) is 0 Å². The van der Waals surface area contributed by atoms with Crippen molar-refractivity contribution in [3.63, 3.8) is 0 Å². The number of hydrogen-bond donors (Lipinski definition) is 1. The Kier molecular flexibility index (Phi) is 3.32. The zero-order valence-corrected chi connectivity index (χ0v) is 10.3. The molecule has 2 rings (SSSR count). The number of hydrogen-bond acceptors (Lipinski definition) is 5. The van der Waals surface area contributed by atoms with Crippen molar-refractivity contribution < 1.29 is 0 Å². The highest BCUT2D eigenvalue weighted by Gasteiger charge is 2.07. The molecule has 0 aliphatic carbocycles. The molecule has 0 radical (unpaired) electrons. The molecule has 0 spiro atoms. The molecule has 0 aliphatic heterocycles. The maximum atomic E-state index is 4.42. The van der Waals surface area contributed by atoms with Gasteiger partial charge in [-0.2, -0.15) is 5.10 Å². The van der Waals surface area contributed by atoms with E-state index in [1.54, 1.807) is 17.2 Å². The highest BCUT2D eigenvalue weighted by atomic mass is 15.3. The second kappa shape index (κ2) is 4.90. The van der Waals surface area contributed by atoms with Gasteiger partial charge in [0.1, 0.15) is 18.5 Å². The van der Waals surface area contributed by atoms with Crippen LogP contribution in [0.5, 0.6) is 0 Å². The van der Waals surface area contributed by atoms with Gasteiger partial charge in [-0.1, -0.05) is 0 Å². The van der Waals surface area contributed by atoms with Gasteiger partial charge in [-0.05, 0) is 20.8 Å². The van der Waals surface area contributed by atoms with Crippen molar-refractivity contribution in [2.24, 2.45) is 0 Å². The first kappa shape index (κ1) is 11.5. The molecule has 2 aromatic heterocycles. The molecule has 2 heterocycles. The van der Waals surface area contributed by atoms with Crippen molar-refractivity contribution in [3.8, 4) is 0 Å². The number of nitrogens with zero attached hydrogens (tertiary/aromatic N) is 5. The number of nitrogens with one attached hydrogen (secondary N) is 1. The fourth-order valence-electron chi connectivity index (χ4n) is 1.56. The number of aromatic nitrogens is 5. The highest BCUT2D eigenvalue weighted by molar-refractivity contribution is 5.40. The van der Waals surface area contributed by atoms with Crippen LogP contribution in [0.2, 0.25) is 0 Å². The molecule has 0 saturated heterocycles. The van der Waals surface area contributed by atoms with Crippen molar-refractivity contribution >= 4 is 5.82 Å². The van der Waals surface area contributed by atoms with Gasteiger partial charge in [-0.3, -0.25) is 9.67 Å². The molecule has 1 unspecified atom stereocenters. The van der Waals surface area contributed by atoms with Gasteiger partial charge in [0.05, 0.1) is 17.9 Å². The van der Waals surface area contributed by atoms with Crippen LogP contribution >= 0.6 is 0 Å². The molecule has 17 heavy (non-hydrogen) atoms. The minimum absolute atomic E-state index is 0.214. The van der Waals surface area contributed by atoms with Crippen molar-refractivity contribution in [2.75, 3.05) is 5.32 Å². The van der Waals surface area contributed by atoms with E-state index in [2.05, 4.69) is 32.3 Å². The quantitative estimate of drug-likeness (QED) is 0.857. The monoisotopic (exact) mass is 232 g/mol. The number of anilines is 1. The summed E-state index contributed by atoms with van der Waals surface area (Å²) in [4.78, 5) is 12.6. The molecule has 0 fully saturated rings. The van der Waals surface area contributed by atoms with Crippen LogP contribution in [0.3, 0.4) is 0 Å². The van der Waals surface area contributed by atoms with Gasteiger partial charge < -0.3 is 5.32 Å². The first-order valence-corrected chi connectivity index (χ1v) is 5.54. The van der Waals surface area contributed by atoms with E-state index in [9.17, 15) is 0 Å². The third-order valence-corrected chi connectivity index (χ3v) is 2.39. The summed E-state index contributed by atoms with van der Waals surface area (Å²) in [5.74, 6) is 0.831. The lowest BCUT2D eigenvalue weighted by molar-refractivity contribution is 0.557. The van der Waals surface area contributed by atoms with E-state index < -0.39 is 0 Å². The average molecular weight is 232 g/mol. The Labute approximate surface area is 100 Å². The predicted octanol–water partition coefficient (Wildman–Crippen LogP) is 1.19. The van der Waals surface area contributed by atoms with E-state index in [4.69, 9.17) is 0 Å². The number of rotatable bonds is 4. The minimum Gasteiger partial charge on any atom is -0.364 e. The molecule has 0 amide bonds. The summed E-state index contributed by atoms with van der Waals surface area (Å²) < 4.78 is 1.79. The minimum atomic E-state index is 0.214. The van der Waals surface area contributed by atoms with Crippen molar-refractivity contribution in [2.45, 2.75) is 33.4 Å². The third kappa shape index (κ3) is 2.99. The molecule has 0 saturated carbocycles. The second-order valence-corrected chi connectivity index (χ2v) is 4.11. The highest BCUT2D eigenvalue weighted by Crippen LogP contribution is 2.10. The van der Waals surface area contributed by atoms with E-state index in [-0.39, 0.29) is 6.04 Å². The summed E-state index contributed by atoms with van der Waals surface area (Å²) in [5.41, 5.74) is 1.81. The Bertz CT molecular complexity index is 479. The van der Waals surface area contributed by atoms with Crippen LogP contribution < -0.4 is 5.32 Å². The Morgan fingerprint density at radius 2 is 2.24 bits per heavy atom. The Hall–Kier alpha value is -1.98. The molecule has 6 nitrogen and oxygen atoms in total. The van der Waals surface area contributed by atoms with Gasteiger partial charge in [0.15, 0.2) is 0 Å². The molecule has 1 N–H and O–H groups in total. The van der Waals surface area contributed by atoms with Gasteiger partial charge in [-0.25, -0.2) is 9.97 Å². The summed E-state index contributed by atoms with van der Waals surface area (Å²) in [6.45, 7) is 6.69. The topological polar surface area (TPSA) is 68.5 Å². The molecule has 90 valence electrons. The zero-order valence-electron chi connectivity index (χ0n) is 10.3. The number of aryl methyl sites for hydroxylation is 2. The fraction of sp³-hybridized carbons (Fsp3) is 0.455. The summed E-state index contributed by atoms with van der Waals surface area (Å²) in [5, 5.41) is 7.39. The van der Waals surface area contributed by atoms with Gasteiger partial charge in [0.25, 0.3) is 0 Å². The van der Waals surface area contributed by atoms with Crippen LogP contribution in [0, 0.1) is 13.8 Å². The lowest BCUT2D eigenvalue weighted by Crippen LogP contribution is -2.23. The normalized spacial score (nSPS) is 12.4. The average Bonchev–Trinajstić information content (AvgIpc) is 2.76. The maximum absolute atomic E-state index is 4.42. The molecule has 2 aromatic rings. The predicted molar refractivity (Wildman–Crippen MR) is 64.6 cm³/mol. The standard InChI is InChI=1S/C11H16N6/c1-8-4-13-10(3)11(15-8)16-9(2)5-17-7-12-6-14-17/h4,6-7,9H,5H2,1-3H3,(H,15,16). The fourth-order valence-corrected chi connectivity index (χ4v) is 1.56. The van der Waals surface area contributed by atoms with Gasteiger partial charge in [0, 0.05) is 12.2 Å². The largest absolute Gasteiger partial charge is 0.364 e. The zero-order chi connectivity index (χ0) is 12.3. The van der Waals surface area contributed by atoms with Gasteiger partial charge >= 0.3 is 0 Å². The first-order chi connectivity index (χ1) is 8.15. The summed E-state index contributed by atoms with van der Waals surface area (Å²) in [6.07, 6.45) is 5.00. The van der Waals surface area contributed by atoms with Crippen molar-refractivity contribution in [3.05, 3.63) is 30.2 Å². The first-order valence-electron chi connectivity index (χ1n) is 5.54. The Balaban J connectivity index is 2.02. The van der Waals surface area contributed by atoms with Crippen LogP contribution in [-0.4, -0.2) is 30.8 Å². The van der Waals surface area contributed by atoms with E-state index in [0.717, 1.165) is 23.8 Å². The van der Waals surface area contributed by atoms with Crippen molar-refractivity contribution in [1.29, 1.82) is 0 Å². The lowest BCUT2D eigenvalue weighted by atomic mass is 10.3.